The quantitative estimate of drug-likeness (QED) is 0.788. The fourth-order valence-corrected chi connectivity index (χ4v) is 2.05. The van der Waals surface area contributed by atoms with Gasteiger partial charge in [0, 0.05) is 6.54 Å². The molecule has 6 nitrogen and oxygen atoms in total. The summed E-state index contributed by atoms with van der Waals surface area (Å²) in [7, 11) is 5.34. The molecule has 0 radical (unpaired) electrons. The Hall–Kier alpha value is -2.05. The van der Waals surface area contributed by atoms with Crippen LogP contribution in [-0.4, -0.2) is 38.6 Å². The number of rotatable bonds is 7. The minimum atomic E-state index is -0.397. The molecule has 6 heteroatoms. The molecular formula is C15H20N2O4. The molecule has 0 bridgehead atoms. The van der Waals surface area contributed by atoms with Gasteiger partial charge in [0.05, 0.1) is 31.5 Å². The molecule has 0 aliphatic rings. The number of nitrogens with one attached hydrogen (secondary N) is 1. The zero-order chi connectivity index (χ0) is 15.2. The number of esters is 1. The van der Waals surface area contributed by atoms with Crippen molar-refractivity contribution in [1.29, 1.82) is 0 Å². The highest BCUT2D eigenvalue weighted by atomic mass is 16.5. The first-order valence-electron chi connectivity index (χ1n) is 6.68. The van der Waals surface area contributed by atoms with Gasteiger partial charge < -0.3 is 18.9 Å². The van der Waals surface area contributed by atoms with Crippen LogP contribution in [0.5, 0.6) is 0 Å². The summed E-state index contributed by atoms with van der Waals surface area (Å²) < 4.78 is 15.4. The molecule has 1 atom stereocenters. The summed E-state index contributed by atoms with van der Waals surface area (Å²) in [6, 6.07) is 5.64. The lowest BCUT2D eigenvalue weighted by atomic mass is 10.2. The molecule has 0 aromatic carbocycles. The van der Waals surface area contributed by atoms with E-state index in [1.807, 2.05) is 26.2 Å². The van der Waals surface area contributed by atoms with Crippen molar-refractivity contribution in [3.63, 3.8) is 0 Å². The fraction of sp³-hybridized carbons (Fsp3) is 0.400. The molecule has 0 amide bonds. The van der Waals surface area contributed by atoms with E-state index in [9.17, 15) is 4.79 Å². The van der Waals surface area contributed by atoms with Crippen LogP contribution in [0.3, 0.4) is 0 Å². The lowest BCUT2D eigenvalue weighted by Gasteiger charge is -2.22. The van der Waals surface area contributed by atoms with E-state index in [4.69, 9.17) is 8.83 Å². The molecule has 1 N–H and O–H groups in total. The standard InChI is InChI=1S/C15H20N2O4/c1-17(2)13(14-5-4-6-20-14)9-16-8-12-7-11(10-21-12)15(18)19-3/h4-7,10,13,16H,8-9H2,1-3H3. The van der Waals surface area contributed by atoms with Crippen LogP contribution in [0, 0.1) is 0 Å². The summed E-state index contributed by atoms with van der Waals surface area (Å²) in [5.74, 6) is 1.20. The third-order valence-electron chi connectivity index (χ3n) is 3.21. The Morgan fingerprint density at radius 2 is 2.24 bits per heavy atom. The van der Waals surface area contributed by atoms with E-state index < -0.39 is 5.97 Å². The van der Waals surface area contributed by atoms with Gasteiger partial charge in [0.2, 0.25) is 0 Å². The van der Waals surface area contributed by atoms with Crippen LogP contribution in [-0.2, 0) is 11.3 Å². The second-order valence-corrected chi connectivity index (χ2v) is 4.92. The number of ether oxygens (including phenoxy) is 1. The average molecular weight is 292 g/mol. The van der Waals surface area contributed by atoms with Crippen LogP contribution in [0.15, 0.2) is 39.6 Å². The summed E-state index contributed by atoms with van der Waals surface area (Å²) in [4.78, 5) is 13.4. The first kappa shape index (κ1) is 15.3. The Morgan fingerprint density at radius 3 is 2.86 bits per heavy atom. The van der Waals surface area contributed by atoms with Gasteiger partial charge in [-0.25, -0.2) is 4.79 Å². The van der Waals surface area contributed by atoms with Gasteiger partial charge in [-0.2, -0.15) is 0 Å². The largest absolute Gasteiger partial charge is 0.468 e. The van der Waals surface area contributed by atoms with Crippen LogP contribution in [0.2, 0.25) is 0 Å². The molecule has 0 aliphatic carbocycles. The number of methoxy groups -OCH3 is 1. The lowest BCUT2D eigenvalue weighted by Crippen LogP contribution is -2.30. The Kier molecular flexibility index (Phi) is 5.19. The first-order chi connectivity index (χ1) is 10.1. The second kappa shape index (κ2) is 7.10. The van der Waals surface area contributed by atoms with Crippen molar-refractivity contribution in [2.45, 2.75) is 12.6 Å². The maximum Gasteiger partial charge on any atom is 0.341 e. The maximum absolute atomic E-state index is 11.3. The minimum absolute atomic E-state index is 0.134. The Balaban J connectivity index is 1.88. The Bertz CT molecular complexity index is 560. The van der Waals surface area contributed by atoms with Gasteiger partial charge >= 0.3 is 5.97 Å². The van der Waals surface area contributed by atoms with Crippen LogP contribution < -0.4 is 5.32 Å². The molecule has 0 spiro atoms. The average Bonchev–Trinajstić information content (AvgIpc) is 3.13. The van der Waals surface area contributed by atoms with E-state index in [-0.39, 0.29) is 6.04 Å². The highest BCUT2D eigenvalue weighted by Crippen LogP contribution is 2.18. The Morgan fingerprint density at radius 1 is 1.43 bits per heavy atom. The molecule has 0 saturated carbocycles. The molecule has 1 unspecified atom stereocenters. The van der Waals surface area contributed by atoms with E-state index >= 15 is 0 Å². The smallest absolute Gasteiger partial charge is 0.341 e. The number of furan rings is 2. The SMILES string of the molecule is COC(=O)c1coc(CNCC(c2ccco2)N(C)C)c1. The third kappa shape index (κ3) is 3.96. The van der Waals surface area contributed by atoms with Crippen molar-refractivity contribution in [2.24, 2.45) is 0 Å². The number of nitrogens with zero attached hydrogens (tertiary/aromatic N) is 1. The van der Waals surface area contributed by atoms with Crippen molar-refractivity contribution in [2.75, 3.05) is 27.7 Å². The second-order valence-electron chi connectivity index (χ2n) is 4.92. The molecule has 0 fully saturated rings. The number of carbonyl (C=O) groups excluding carboxylic acids is 1. The minimum Gasteiger partial charge on any atom is -0.468 e. The molecule has 21 heavy (non-hydrogen) atoms. The van der Waals surface area contributed by atoms with Crippen molar-refractivity contribution in [3.05, 3.63) is 47.8 Å². The zero-order valence-electron chi connectivity index (χ0n) is 12.5. The summed E-state index contributed by atoms with van der Waals surface area (Å²) in [6.45, 7) is 1.23. The van der Waals surface area contributed by atoms with E-state index in [1.54, 1.807) is 12.3 Å². The molecule has 2 aromatic rings. The van der Waals surface area contributed by atoms with Gasteiger partial charge in [-0.3, -0.25) is 4.90 Å². The van der Waals surface area contributed by atoms with E-state index in [0.717, 1.165) is 5.76 Å². The molecule has 0 aliphatic heterocycles. The van der Waals surface area contributed by atoms with Crippen LogP contribution in [0.4, 0.5) is 0 Å². The molecule has 2 heterocycles. The molecular weight excluding hydrogens is 272 g/mol. The van der Waals surface area contributed by atoms with E-state index in [0.29, 0.717) is 24.4 Å². The normalized spacial score (nSPS) is 12.6. The van der Waals surface area contributed by atoms with E-state index in [1.165, 1.54) is 13.4 Å². The monoisotopic (exact) mass is 292 g/mol. The van der Waals surface area contributed by atoms with Crippen molar-refractivity contribution >= 4 is 5.97 Å². The Labute approximate surface area is 123 Å². The van der Waals surface area contributed by atoms with Crippen molar-refractivity contribution in [1.82, 2.24) is 10.2 Å². The highest BCUT2D eigenvalue weighted by molar-refractivity contribution is 5.88. The lowest BCUT2D eigenvalue weighted by molar-refractivity contribution is 0.0600. The van der Waals surface area contributed by atoms with Crippen LogP contribution in [0.1, 0.15) is 27.9 Å². The molecule has 114 valence electrons. The van der Waals surface area contributed by atoms with Crippen LogP contribution in [0.25, 0.3) is 0 Å². The summed E-state index contributed by atoms with van der Waals surface area (Å²) in [6.07, 6.45) is 3.07. The van der Waals surface area contributed by atoms with Gasteiger partial charge in [0.25, 0.3) is 0 Å². The fourth-order valence-electron chi connectivity index (χ4n) is 2.05. The molecule has 2 rings (SSSR count). The molecule has 0 saturated heterocycles. The topological polar surface area (TPSA) is 67.8 Å². The third-order valence-corrected chi connectivity index (χ3v) is 3.21. The maximum atomic E-state index is 11.3. The van der Waals surface area contributed by atoms with E-state index in [2.05, 4.69) is 15.0 Å². The number of hydrogen-bond donors (Lipinski definition) is 1. The predicted molar refractivity (Wildman–Crippen MR) is 76.9 cm³/mol. The van der Waals surface area contributed by atoms with Gasteiger partial charge in [-0.1, -0.05) is 0 Å². The first-order valence-corrected chi connectivity index (χ1v) is 6.68. The van der Waals surface area contributed by atoms with Crippen molar-refractivity contribution < 1.29 is 18.4 Å². The van der Waals surface area contributed by atoms with Gasteiger partial charge in [0.15, 0.2) is 0 Å². The van der Waals surface area contributed by atoms with Gasteiger partial charge in [0.1, 0.15) is 17.8 Å². The van der Waals surface area contributed by atoms with Gasteiger partial charge in [-0.15, -0.1) is 0 Å². The predicted octanol–water partition coefficient (Wildman–Crippen LogP) is 2.05. The number of carbonyl (C=O) groups is 1. The van der Waals surface area contributed by atoms with Crippen molar-refractivity contribution in [3.8, 4) is 0 Å². The zero-order valence-corrected chi connectivity index (χ0v) is 12.5. The van der Waals surface area contributed by atoms with Gasteiger partial charge in [-0.05, 0) is 32.3 Å². The summed E-state index contributed by atoms with van der Waals surface area (Å²) >= 11 is 0. The summed E-state index contributed by atoms with van der Waals surface area (Å²) in [5, 5.41) is 3.29. The number of hydrogen-bond acceptors (Lipinski definition) is 6. The number of likely N-dealkylation sites (N-methyl/N-ethyl adjacent to an activating group) is 1. The summed E-state index contributed by atoms with van der Waals surface area (Å²) in [5.41, 5.74) is 0.421. The molecule has 2 aromatic heterocycles. The van der Waals surface area contributed by atoms with Crippen LogP contribution >= 0.6 is 0 Å². The highest BCUT2D eigenvalue weighted by Gasteiger charge is 2.17.